The van der Waals surface area contributed by atoms with Gasteiger partial charge in [0.2, 0.25) is 0 Å². The molecule has 4 heteroatoms. The Balaban J connectivity index is 1.32. The lowest BCUT2D eigenvalue weighted by atomic mass is 9.33. The summed E-state index contributed by atoms with van der Waals surface area (Å²) in [6.45, 7) is 6.94. The molecular formula is C46H34BN3. The molecule has 0 bridgehead atoms. The summed E-state index contributed by atoms with van der Waals surface area (Å²) in [6.07, 6.45) is 0. The molecule has 0 amide bonds. The average Bonchev–Trinajstić information content (AvgIpc) is 3.67. The Labute approximate surface area is 291 Å². The van der Waals surface area contributed by atoms with Gasteiger partial charge in [0.15, 0.2) is 0 Å². The van der Waals surface area contributed by atoms with E-state index in [4.69, 9.17) is 0 Å². The van der Waals surface area contributed by atoms with Gasteiger partial charge in [-0.25, -0.2) is 0 Å². The molecule has 0 saturated heterocycles. The van der Waals surface area contributed by atoms with Crippen LogP contribution in [0.4, 0.5) is 17.1 Å². The van der Waals surface area contributed by atoms with Crippen molar-refractivity contribution >= 4 is 83.8 Å². The fraction of sp³-hybridized carbons (Fsp3) is 0.0870. The van der Waals surface area contributed by atoms with E-state index < -0.39 is 0 Å². The molecule has 0 aliphatic carbocycles. The van der Waals surface area contributed by atoms with Crippen LogP contribution >= 0.6 is 0 Å². The van der Waals surface area contributed by atoms with Crippen LogP contribution in [-0.4, -0.2) is 15.8 Å². The summed E-state index contributed by atoms with van der Waals surface area (Å²) in [5.74, 6) is 0. The van der Waals surface area contributed by atoms with Gasteiger partial charge in [0.25, 0.3) is 6.71 Å². The molecule has 7 aromatic carbocycles. The highest BCUT2D eigenvalue weighted by molar-refractivity contribution is 7.00. The fourth-order valence-corrected chi connectivity index (χ4v) is 9.11. The molecule has 4 heterocycles. The van der Waals surface area contributed by atoms with E-state index in [1.165, 1.54) is 94.0 Å². The molecule has 236 valence electrons. The summed E-state index contributed by atoms with van der Waals surface area (Å²) in [5.41, 5.74) is 16.7. The van der Waals surface area contributed by atoms with Crippen LogP contribution < -0.4 is 21.3 Å². The first-order chi connectivity index (χ1) is 24.5. The third-order valence-electron chi connectivity index (χ3n) is 11.2. The predicted molar refractivity (Wildman–Crippen MR) is 213 cm³/mol. The van der Waals surface area contributed by atoms with E-state index in [1.54, 1.807) is 0 Å². The lowest BCUT2D eigenvalue weighted by Gasteiger charge is -2.40. The quantitative estimate of drug-likeness (QED) is 0.172. The smallest absolute Gasteiger partial charge is 0.252 e. The van der Waals surface area contributed by atoms with E-state index >= 15 is 0 Å². The third-order valence-corrected chi connectivity index (χ3v) is 11.2. The zero-order valence-corrected chi connectivity index (χ0v) is 28.4. The molecule has 50 heavy (non-hydrogen) atoms. The predicted octanol–water partition coefficient (Wildman–Crippen LogP) is 9.79. The zero-order chi connectivity index (χ0) is 33.3. The Morgan fingerprint density at radius 3 is 1.88 bits per heavy atom. The van der Waals surface area contributed by atoms with Crippen molar-refractivity contribution in [3.8, 4) is 11.4 Å². The van der Waals surface area contributed by atoms with Gasteiger partial charge in [-0.3, -0.25) is 0 Å². The van der Waals surface area contributed by atoms with Crippen molar-refractivity contribution in [1.82, 2.24) is 9.13 Å². The summed E-state index contributed by atoms with van der Waals surface area (Å²) >= 11 is 0. The minimum absolute atomic E-state index is 0.0879. The maximum atomic E-state index is 2.57. The molecule has 2 aliphatic heterocycles. The van der Waals surface area contributed by atoms with E-state index in [2.05, 4.69) is 186 Å². The van der Waals surface area contributed by atoms with E-state index in [9.17, 15) is 0 Å². The van der Waals surface area contributed by atoms with Gasteiger partial charge in [-0.15, -0.1) is 0 Å². The molecule has 2 aromatic heterocycles. The number of anilines is 3. The van der Waals surface area contributed by atoms with Crippen LogP contribution in [0.25, 0.3) is 55.0 Å². The number of benzene rings is 7. The summed E-state index contributed by atoms with van der Waals surface area (Å²) in [7, 11) is 0. The maximum Gasteiger partial charge on any atom is 0.252 e. The van der Waals surface area contributed by atoms with E-state index in [0.29, 0.717) is 0 Å². The Kier molecular flexibility index (Phi) is 5.47. The molecule has 11 rings (SSSR count). The normalized spacial score (nSPS) is 13.4. The molecule has 3 nitrogen and oxygen atoms in total. The second-order valence-electron chi connectivity index (χ2n) is 15.0. The molecule has 9 aromatic rings. The van der Waals surface area contributed by atoms with Crippen LogP contribution in [-0.2, 0) is 5.41 Å². The number of para-hydroxylation sites is 4. The standard InChI is InChI=1S/C46H34BN3/c1-46(2,3)29-24-26-31(27-25-29)49-37-19-10-7-16-32(37)34-28-36-45-42(44(34)49)33-17-8-11-20-38(33)50(45)41-23-13-22-40-43(41)47(36)35-18-9-12-21-39(35)48(40)30-14-5-4-6-15-30/h4-28H,1-3H3. The van der Waals surface area contributed by atoms with Crippen molar-refractivity contribution < 1.29 is 0 Å². The Morgan fingerprint density at radius 2 is 1.10 bits per heavy atom. The minimum atomic E-state index is 0.0879. The number of aromatic nitrogens is 2. The van der Waals surface area contributed by atoms with Gasteiger partial charge in [-0.1, -0.05) is 118 Å². The maximum absolute atomic E-state index is 2.57. The Bertz CT molecular complexity index is 2850. The molecular weight excluding hydrogens is 605 g/mol. The minimum Gasteiger partial charge on any atom is -0.311 e. The largest absolute Gasteiger partial charge is 0.311 e. The van der Waals surface area contributed by atoms with Crippen LogP contribution in [0.3, 0.4) is 0 Å². The number of hydrogen-bond donors (Lipinski definition) is 0. The number of nitrogens with zero attached hydrogens (tertiary/aromatic N) is 3. The van der Waals surface area contributed by atoms with E-state index in [0.717, 1.165) is 0 Å². The number of rotatable bonds is 2. The lowest BCUT2D eigenvalue weighted by molar-refractivity contribution is 0.590. The summed E-state index contributed by atoms with van der Waals surface area (Å²) in [6, 6.07) is 56.5. The molecule has 0 fully saturated rings. The number of fused-ring (bicyclic) bond motifs is 11. The van der Waals surface area contributed by atoms with Gasteiger partial charge in [0.05, 0.1) is 22.1 Å². The van der Waals surface area contributed by atoms with Crippen molar-refractivity contribution in [2.24, 2.45) is 0 Å². The summed E-state index contributed by atoms with van der Waals surface area (Å²) in [5, 5.41) is 5.19. The SMILES string of the molecule is CC(C)(C)c1ccc(-n2c3ccccc3c3cc4c5c(c6ccccc6n5-c5cccc6c5B4c4ccccc4N6c4ccccc4)c32)cc1. The van der Waals surface area contributed by atoms with Crippen molar-refractivity contribution in [3.63, 3.8) is 0 Å². The van der Waals surface area contributed by atoms with Crippen LogP contribution in [0.5, 0.6) is 0 Å². The highest BCUT2D eigenvalue weighted by atomic mass is 15.2. The monoisotopic (exact) mass is 639 g/mol. The second kappa shape index (κ2) is 9.80. The van der Waals surface area contributed by atoms with Gasteiger partial charge in [0.1, 0.15) is 0 Å². The highest BCUT2D eigenvalue weighted by Gasteiger charge is 2.42. The van der Waals surface area contributed by atoms with Gasteiger partial charge in [0, 0.05) is 50.0 Å². The van der Waals surface area contributed by atoms with Gasteiger partial charge >= 0.3 is 0 Å². The van der Waals surface area contributed by atoms with Gasteiger partial charge < -0.3 is 14.0 Å². The zero-order valence-electron chi connectivity index (χ0n) is 28.4. The first-order valence-corrected chi connectivity index (χ1v) is 17.7. The highest BCUT2D eigenvalue weighted by Crippen LogP contribution is 2.45. The van der Waals surface area contributed by atoms with E-state index in [-0.39, 0.29) is 12.1 Å². The van der Waals surface area contributed by atoms with Gasteiger partial charge in [-0.05, 0) is 82.0 Å². The molecule has 2 aliphatic rings. The van der Waals surface area contributed by atoms with Crippen molar-refractivity contribution in [3.05, 3.63) is 157 Å². The van der Waals surface area contributed by atoms with Crippen LogP contribution in [0.2, 0.25) is 0 Å². The first-order valence-electron chi connectivity index (χ1n) is 17.7. The van der Waals surface area contributed by atoms with Crippen LogP contribution in [0, 0.1) is 0 Å². The topological polar surface area (TPSA) is 13.1 Å². The van der Waals surface area contributed by atoms with Crippen molar-refractivity contribution in [1.29, 1.82) is 0 Å². The molecule has 0 N–H and O–H groups in total. The number of hydrogen-bond acceptors (Lipinski definition) is 1. The summed E-state index contributed by atoms with van der Waals surface area (Å²) in [4.78, 5) is 2.46. The average molecular weight is 640 g/mol. The molecule has 0 saturated carbocycles. The van der Waals surface area contributed by atoms with Crippen molar-refractivity contribution in [2.45, 2.75) is 26.2 Å². The molecule has 0 spiro atoms. The fourth-order valence-electron chi connectivity index (χ4n) is 9.11. The summed E-state index contributed by atoms with van der Waals surface area (Å²) < 4.78 is 5.08. The lowest BCUT2D eigenvalue weighted by Crippen LogP contribution is -2.60. The third kappa shape index (κ3) is 3.55. The van der Waals surface area contributed by atoms with Gasteiger partial charge in [-0.2, -0.15) is 0 Å². The Hall–Kier alpha value is -6.00. The van der Waals surface area contributed by atoms with Crippen LogP contribution in [0.1, 0.15) is 26.3 Å². The second-order valence-corrected chi connectivity index (χ2v) is 15.0. The van der Waals surface area contributed by atoms with E-state index in [1.807, 2.05) is 0 Å². The molecule has 0 radical (unpaired) electrons. The molecule has 0 atom stereocenters. The first kappa shape index (κ1) is 27.9. The Morgan fingerprint density at radius 1 is 0.460 bits per heavy atom. The van der Waals surface area contributed by atoms with Crippen molar-refractivity contribution in [2.75, 3.05) is 4.90 Å². The van der Waals surface area contributed by atoms with Crippen LogP contribution in [0.15, 0.2) is 152 Å². The molecule has 0 unspecified atom stereocenters.